The molecule has 0 aliphatic carbocycles. The third-order valence-electron chi connectivity index (χ3n) is 4.27. The molecule has 1 aromatic heterocycles. The van der Waals surface area contributed by atoms with Crippen LogP contribution in [0, 0.1) is 0 Å². The van der Waals surface area contributed by atoms with E-state index in [1.54, 1.807) is 43.3 Å². The van der Waals surface area contributed by atoms with Crippen LogP contribution in [0.4, 0.5) is 19.0 Å². The van der Waals surface area contributed by atoms with E-state index in [2.05, 4.69) is 25.2 Å². The summed E-state index contributed by atoms with van der Waals surface area (Å²) in [5.74, 6) is -0.794. The molecule has 8 nitrogen and oxygen atoms in total. The highest BCUT2D eigenvalue weighted by Gasteiger charge is 2.32. The Kier molecular flexibility index (Phi) is 7.16. The van der Waals surface area contributed by atoms with E-state index in [1.807, 2.05) is 0 Å². The Hall–Kier alpha value is -3.67. The predicted molar refractivity (Wildman–Crippen MR) is 120 cm³/mol. The summed E-state index contributed by atoms with van der Waals surface area (Å²) in [6, 6.07) is 7.75. The second-order valence-electron chi connectivity index (χ2n) is 6.85. The lowest BCUT2D eigenvalue weighted by Crippen LogP contribution is -2.19. The number of carbonyl (C=O) groups excluding carboxylic acids is 2. The molecule has 1 aromatic carbocycles. The van der Waals surface area contributed by atoms with Gasteiger partial charge < -0.3 is 9.64 Å². The quantitative estimate of drug-likeness (QED) is 0.307. The van der Waals surface area contributed by atoms with Crippen LogP contribution in [0.15, 0.2) is 57.7 Å². The molecule has 1 N–H and O–H groups in total. The van der Waals surface area contributed by atoms with Crippen LogP contribution in [-0.2, 0) is 20.5 Å². The fourth-order valence-corrected chi connectivity index (χ4v) is 3.50. The zero-order chi connectivity index (χ0) is 24.2. The van der Waals surface area contributed by atoms with Gasteiger partial charge in [-0.3, -0.25) is 10.1 Å². The van der Waals surface area contributed by atoms with Crippen LogP contribution in [0.3, 0.4) is 0 Å². The van der Waals surface area contributed by atoms with Gasteiger partial charge in [0, 0.05) is 31.9 Å². The lowest BCUT2D eigenvalue weighted by molar-refractivity contribution is -0.138. The fraction of sp³-hybridized carbons (Fsp3) is 0.190. The van der Waals surface area contributed by atoms with Gasteiger partial charge in [-0.25, -0.2) is 9.78 Å². The van der Waals surface area contributed by atoms with Crippen LogP contribution < -0.4 is 10.2 Å². The van der Waals surface area contributed by atoms with E-state index in [0.29, 0.717) is 22.5 Å². The maximum absolute atomic E-state index is 13.2. The first kappa shape index (κ1) is 24.0. The van der Waals surface area contributed by atoms with Crippen LogP contribution in [0.2, 0.25) is 0 Å². The van der Waals surface area contributed by atoms with E-state index >= 15 is 0 Å². The first-order chi connectivity index (χ1) is 15.6. The molecular formula is C21H18F3N5O3S. The minimum absolute atomic E-state index is 0.117. The molecule has 33 heavy (non-hydrogen) atoms. The highest BCUT2D eigenvalue weighted by molar-refractivity contribution is 8.18. The smallest absolute Gasteiger partial charge is 0.417 e. The Bertz CT molecular complexity index is 1180. The standard InChI is InChI=1S/C21H18F3N5O3S/c1-29(2)18-15(8-14(11-25-18)21(22,23)24)13-6-4-5-12(7-13)10-26-28-20-27-19(31)16(33-20)9-17(30)32-3/h4-11H,1-3H3,(H,27,28,31)/b16-9+,26-10?. The molecular weight excluding hydrogens is 459 g/mol. The van der Waals surface area contributed by atoms with Crippen LogP contribution in [0.25, 0.3) is 11.1 Å². The van der Waals surface area contributed by atoms with Crippen molar-refractivity contribution in [3.63, 3.8) is 0 Å². The van der Waals surface area contributed by atoms with Gasteiger partial charge in [0.05, 0.1) is 23.8 Å². The number of thioether (sulfide) groups is 1. The molecule has 2 aromatic rings. The second-order valence-corrected chi connectivity index (χ2v) is 7.88. The maximum Gasteiger partial charge on any atom is 0.417 e. The average molecular weight is 477 g/mol. The third-order valence-corrected chi connectivity index (χ3v) is 5.17. The molecule has 1 aliphatic heterocycles. The molecule has 0 radical (unpaired) electrons. The number of methoxy groups -OCH3 is 1. The molecule has 0 saturated carbocycles. The fourth-order valence-electron chi connectivity index (χ4n) is 2.76. The summed E-state index contributed by atoms with van der Waals surface area (Å²) >= 11 is 0.922. The molecule has 1 aliphatic rings. The van der Waals surface area contributed by atoms with Crippen molar-refractivity contribution in [3.05, 3.63) is 58.6 Å². The number of carbonyl (C=O) groups is 2. The first-order valence-corrected chi connectivity index (χ1v) is 10.1. The summed E-state index contributed by atoms with van der Waals surface area (Å²) in [7, 11) is 4.58. The zero-order valence-electron chi connectivity index (χ0n) is 17.7. The number of hydrogen-bond acceptors (Lipinski definition) is 8. The number of benzene rings is 1. The number of nitrogens with zero attached hydrogens (tertiary/aromatic N) is 4. The number of alkyl halides is 3. The number of amides is 1. The predicted octanol–water partition coefficient (Wildman–Crippen LogP) is 3.44. The van der Waals surface area contributed by atoms with Gasteiger partial charge in [0.15, 0.2) is 5.17 Å². The molecule has 172 valence electrons. The number of nitrogens with one attached hydrogen (secondary N) is 1. The Balaban J connectivity index is 1.86. The molecule has 0 bridgehead atoms. The van der Waals surface area contributed by atoms with Crippen molar-refractivity contribution >= 4 is 40.8 Å². The lowest BCUT2D eigenvalue weighted by atomic mass is 10.0. The molecule has 12 heteroatoms. The minimum atomic E-state index is -4.52. The summed E-state index contributed by atoms with van der Waals surface area (Å²) in [4.78, 5) is 28.8. The monoisotopic (exact) mass is 477 g/mol. The Morgan fingerprint density at radius 2 is 2.03 bits per heavy atom. The van der Waals surface area contributed by atoms with E-state index in [1.165, 1.54) is 13.3 Å². The number of rotatable bonds is 5. The van der Waals surface area contributed by atoms with Crippen molar-refractivity contribution in [1.29, 1.82) is 0 Å². The van der Waals surface area contributed by atoms with Gasteiger partial charge in [-0.1, -0.05) is 18.2 Å². The van der Waals surface area contributed by atoms with E-state index < -0.39 is 23.6 Å². The molecule has 1 fully saturated rings. The van der Waals surface area contributed by atoms with Crippen molar-refractivity contribution in [2.45, 2.75) is 6.18 Å². The van der Waals surface area contributed by atoms with Gasteiger partial charge in [0.2, 0.25) is 0 Å². The molecule has 2 heterocycles. The van der Waals surface area contributed by atoms with Gasteiger partial charge >= 0.3 is 12.1 Å². The number of esters is 1. The number of aromatic nitrogens is 1. The first-order valence-electron chi connectivity index (χ1n) is 9.33. The van der Waals surface area contributed by atoms with Crippen LogP contribution in [0.5, 0.6) is 0 Å². The van der Waals surface area contributed by atoms with E-state index in [0.717, 1.165) is 30.1 Å². The topological polar surface area (TPSA) is 96.2 Å². The van der Waals surface area contributed by atoms with Crippen molar-refractivity contribution in [3.8, 4) is 11.1 Å². The zero-order valence-corrected chi connectivity index (χ0v) is 18.5. The van der Waals surface area contributed by atoms with Crippen molar-refractivity contribution in [1.82, 2.24) is 10.3 Å². The van der Waals surface area contributed by atoms with Crippen molar-refractivity contribution in [2.24, 2.45) is 10.2 Å². The van der Waals surface area contributed by atoms with Gasteiger partial charge in [-0.15, -0.1) is 5.10 Å². The van der Waals surface area contributed by atoms with E-state index in [9.17, 15) is 22.8 Å². The number of anilines is 1. The molecule has 1 saturated heterocycles. The minimum Gasteiger partial charge on any atom is -0.466 e. The molecule has 3 rings (SSSR count). The average Bonchev–Trinajstić information content (AvgIpc) is 3.11. The molecule has 0 unspecified atom stereocenters. The number of pyridine rings is 1. The summed E-state index contributed by atoms with van der Waals surface area (Å²) in [6.45, 7) is 0. The lowest BCUT2D eigenvalue weighted by Gasteiger charge is -2.18. The van der Waals surface area contributed by atoms with Gasteiger partial charge in [0.1, 0.15) is 5.82 Å². The van der Waals surface area contributed by atoms with Crippen molar-refractivity contribution < 1.29 is 27.5 Å². The highest BCUT2D eigenvalue weighted by Crippen LogP contribution is 2.35. The summed E-state index contributed by atoms with van der Waals surface area (Å²) in [6.07, 6.45) is -1.29. The van der Waals surface area contributed by atoms with Gasteiger partial charge in [0.25, 0.3) is 5.91 Å². The largest absolute Gasteiger partial charge is 0.466 e. The maximum atomic E-state index is 13.2. The molecule has 0 spiro atoms. The Labute approximate surface area is 191 Å². The number of amidine groups is 1. The van der Waals surface area contributed by atoms with E-state index in [4.69, 9.17) is 0 Å². The Morgan fingerprint density at radius 1 is 1.27 bits per heavy atom. The summed E-state index contributed by atoms with van der Waals surface area (Å²) in [5, 5.41) is 10.4. The summed E-state index contributed by atoms with van der Waals surface area (Å²) < 4.78 is 44.1. The second kappa shape index (κ2) is 9.86. The highest BCUT2D eigenvalue weighted by atomic mass is 32.2. The van der Waals surface area contributed by atoms with Crippen LogP contribution >= 0.6 is 11.8 Å². The molecule has 1 amide bonds. The molecule has 0 atom stereocenters. The third kappa shape index (κ3) is 5.98. The Morgan fingerprint density at radius 3 is 2.70 bits per heavy atom. The van der Waals surface area contributed by atoms with E-state index in [-0.39, 0.29) is 10.1 Å². The van der Waals surface area contributed by atoms with Gasteiger partial charge in [-0.05, 0) is 35.0 Å². The normalized spacial score (nSPS) is 16.5. The number of ether oxygens (including phenoxy) is 1. The van der Waals surface area contributed by atoms with Crippen LogP contribution in [0.1, 0.15) is 11.1 Å². The van der Waals surface area contributed by atoms with Crippen molar-refractivity contribution in [2.75, 3.05) is 26.1 Å². The summed E-state index contributed by atoms with van der Waals surface area (Å²) in [5.41, 5.74) is 0.547. The number of halogens is 3. The number of hydrogen-bond donors (Lipinski definition) is 1. The van der Waals surface area contributed by atoms with Gasteiger partial charge in [-0.2, -0.15) is 18.3 Å². The SMILES string of the molecule is COC(=O)/C=C1/S/C(=N\N=Cc2cccc(-c3cc(C(F)(F)F)cnc3N(C)C)c2)NC1=O. The van der Waals surface area contributed by atoms with Crippen LogP contribution in [-0.4, -0.2) is 49.4 Å².